The van der Waals surface area contributed by atoms with Crippen LogP contribution in [0.2, 0.25) is 10.0 Å². The summed E-state index contributed by atoms with van der Waals surface area (Å²) in [5, 5.41) is 4.87. The maximum Gasteiger partial charge on any atom is 0.266 e. The van der Waals surface area contributed by atoms with Crippen LogP contribution < -0.4 is 9.46 Å². The molecule has 0 aliphatic carbocycles. The Balaban J connectivity index is 2.08. The Morgan fingerprint density at radius 2 is 1.89 bits per heavy atom. The van der Waals surface area contributed by atoms with E-state index in [0.29, 0.717) is 10.7 Å². The van der Waals surface area contributed by atoms with E-state index in [0.717, 1.165) is 5.56 Å². The van der Waals surface area contributed by atoms with E-state index in [1.165, 1.54) is 30.1 Å². The van der Waals surface area contributed by atoms with Crippen molar-refractivity contribution in [2.45, 2.75) is 18.7 Å². The van der Waals surface area contributed by atoms with E-state index >= 15 is 0 Å². The minimum atomic E-state index is -3.95. The van der Waals surface area contributed by atoms with E-state index in [9.17, 15) is 8.42 Å². The molecular weight excluding hydrogens is 411 g/mol. The molecule has 0 amide bonds. The molecule has 10 heteroatoms. The van der Waals surface area contributed by atoms with E-state index in [1.807, 2.05) is 0 Å². The van der Waals surface area contributed by atoms with Crippen LogP contribution in [0.5, 0.6) is 5.75 Å². The molecule has 1 aromatic carbocycles. The van der Waals surface area contributed by atoms with Crippen molar-refractivity contribution in [1.82, 2.24) is 14.8 Å². The number of rotatable bonds is 5. The van der Waals surface area contributed by atoms with Gasteiger partial charge in [0.2, 0.25) is 0 Å². The molecule has 0 bridgehead atoms. The summed E-state index contributed by atoms with van der Waals surface area (Å²) < 4.78 is 34.9. The van der Waals surface area contributed by atoms with Gasteiger partial charge in [-0.25, -0.2) is 13.4 Å². The van der Waals surface area contributed by atoms with Gasteiger partial charge in [-0.05, 0) is 37.6 Å². The molecule has 3 aromatic rings. The van der Waals surface area contributed by atoms with Crippen molar-refractivity contribution in [2.75, 3.05) is 11.8 Å². The quantitative estimate of drug-likeness (QED) is 0.665. The lowest BCUT2D eigenvalue weighted by Crippen LogP contribution is -2.17. The molecule has 2 aromatic heterocycles. The molecule has 0 aliphatic heterocycles. The maximum absolute atomic E-state index is 13.0. The van der Waals surface area contributed by atoms with Gasteiger partial charge in [0.05, 0.1) is 22.8 Å². The van der Waals surface area contributed by atoms with Gasteiger partial charge in [-0.1, -0.05) is 29.3 Å². The lowest BCUT2D eigenvalue weighted by molar-refractivity contribution is 0.402. The van der Waals surface area contributed by atoms with Crippen molar-refractivity contribution in [2.24, 2.45) is 0 Å². The summed E-state index contributed by atoms with van der Waals surface area (Å²) in [6.45, 7) is 3.52. The number of nitrogens with zero attached hydrogens (tertiary/aromatic N) is 3. The fraction of sp³-hybridized carbons (Fsp3) is 0.176. The van der Waals surface area contributed by atoms with Gasteiger partial charge in [-0.15, -0.1) is 0 Å². The van der Waals surface area contributed by atoms with Crippen LogP contribution in [0, 0.1) is 13.8 Å². The van der Waals surface area contributed by atoms with E-state index in [-0.39, 0.29) is 27.3 Å². The molecule has 27 heavy (non-hydrogen) atoms. The molecule has 142 valence electrons. The molecule has 0 unspecified atom stereocenters. The third-order valence-electron chi connectivity index (χ3n) is 3.67. The number of nitrogens with one attached hydrogen (secondary N) is 1. The van der Waals surface area contributed by atoms with Gasteiger partial charge in [-0.2, -0.15) is 9.78 Å². The number of methoxy groups -OCH3 is 1. The first-order chi connectivity index (χ1) is 12.7. The first-order valence-electron chi connectivity index (χ1n) is 7.77. The highest BCUT2D eigenvalue weighted by Gasteiger charge is 2.23. The third-order valence-corrected chi connectivity index (χ3v) is 5.53. The van der Waals surface area contributed by atoms with Crippen molar-refractivity contribution < 1.29 is 13.2 Å². The largest absolute Gasteiger partial charge is 0.495 e. The Hall–Kier alpha value is -2.29. The zero-order chi connectivity index (χ0) is 19.8. The van der Waals surface area contributed by atoms with Crippen molar-refractivity contribution in [3.8, 4) is 11.6 Å². The Morgan fingerprint density at radius 3 is 2.56 bits per heavy atom. The molecule has 0 saturated carbocycles. The Morgan fingerprint density at radius 1 is 1.15 bits per heavy atom. The maximum atomic E-state index is 13.0. The van der Waals surface area contributed by atoms with Gasteiger partial charge in [0.1, 0.15) is 16.5 Å². The number of aromatic nitrogens is 3. The lowest BCUT2D eigenvalue weighted by Gasteiger charge is -2.13. The second kappa shape index (κ2) is 7.38. The fourth-order valence-corrected chi connectivity index (χ4v) is 4.23. The van der Waals surface area contributed by atoms with Crippen molar-refractivity contribution in [3.63, 3.8) is 0 Å². The highest BCUT2D eigenvalue weighted by atomic mass is 35.5. The second-order valence-electron chi connectivity index (χ2n) is 5.80. The predicted octanol–water partition coefficient (Wildman–Crippen LogP) is 4.00. The molecule has 0 fully saturated rings. The highest BCUT2D eigenvalue weighted by molar-refractivity contribution is 7.92. The molecule has 0 radical (unpaired) electrons. The number of hydrogen-bond donors (Lipinski definition) is 1. The number of sulfonamides is 1. The van der Waals surface area contributed by atoms with Crippen LogP contribution in [0.1, 0.15) is 11.3 Å². The summed E-state index contributed by atoms with van der Waals surface area (Å²) in [5.74, 6) is 0.675. The van der Waals surface area contributed by atoms with Crippen molar-refractivity contribution >= 4 is 39.0 Å². The topological polar surface area (TPSA) is 86.1 Å². The van der Waals surface area contributed by atoms with Gasteiger partial charge in [0.25, 0.3) is 10.0 Å². The average Bonchev–Trinajstić information content (AvgIpc) is 2.94. The van der Waals surface area contributed by atoms with E-state index in [1.54, 1.807) is 32.0 Å². The molecule has 0 aliphatic rings. The number of benzene rings is 1. The predicted molar refractivity (Wildman–Crippen MR) is 105 cm³/mol. The Bertz CT molecular complexity index is 1110. The van der Waals surface area contributed by atoms with Crippen LogP contribution in [-0.4, -0.2) is 30.3 Å². The van der Waals surface area contributed by atoms with E-state index in [4.69, 9.17) is 27.9 Å². The number of halogens is 2. The summed E-state index contributed by atoms with van der Waals surface area (Å²) in [7, 11) is -2.54. The standard InChI is InChI=1S/C17H16Cl2N4O3S/c1-10-4-5-14(26-3)15(6-10)27(24,25)22-16-7-11(2)21-23(16)17-13(19)8-12(18)9-20-17/h4-9,22H,1-3H3. The first-order valence-corrected chi connectivity index (χ1v) is 10.0. The minimum absolute atomic E-state index is 0.0190. The summed E-state index contributed by atoms with van der Waals surface area (Å²) in [6, 6.07) is 7.98. The molecule has 0 atom stereocenters. The van der Waals surface area contributed by atoms with E-state index in [2.05, 4.69) is 14.8 Å². The molecule has 3 rings (SSSR count). The number of hydrogen-bond acceptors (Lipinski definition) is 5. The smallest absolute Gasteiger partial charge is 0.266 e. The molecule has 0 spiro atoms. The van der Waals surface area contributed by atoms with Gasteiger partial charge in [0.15, 0.2) is 5.82 Å². The van der Waals surface area contributed by atoms with Gasteiger partial charge in [0, 0.05) is 12.3 Å². The molecule has 7 nitrogen and oxygen atoms in total. The summed E-state index contributed by atoms with van der Waals surface area (Å²) in [4.78, 5) is 4.17. The van der Waals surface area contributed by atoms with Crippen molar-refractivity contribution in [1.29, 1.82) is 0 Å². The number of ether oxygens (including phenoxy) is 1. The van der Waals surface area contributed by atoms with Crippen LogP contribution in [0.25, 0.3) is 5.82 Å². The lowest BCUT2D eigenvalue weighted by atomic mass is 10.2. The van der Waals surface area contributed by atoms with Gasteiger partial charge < -0.3 is 4.74 Å². The van der Waals surface area contributed by atoms with E-state index < -0.39 is 10.0 Å². The third kappa shape index (κ3) is 4.02. The van der Waals surface area contributed by atoms with Crippen LogP contribution in [-0.2, 0) is 10.0 Å². The molecule has 2 heterocycles. The second-order valence-corrected chi connectivity index (χ2v) is 8.30. The summed E-state index contributed by atoms with van der Waals surface area (Å²) in [5.41, 5.74) is 1.36. The fourth-order valence-electron chi connectivity index (χ4n) is 2.48. The normalized spacial score (nSPS) is 11.4. The van der Waals surface area contributed by atoms with Crippen LogP contribution >= 0.6 is 23.2 Å². The van der Waals surface area contributed by atoms with Crippen LogP contribution in [0.4, 0.5) is 5.82 Å². The number of aryl methyl sites for hydroxylation is 2. The van der Waals surface area contributed by atoms with Gasteiger partial charge in [-0.3, -0.25) is 4.72 Å². The molecular formula is C17H16Cl2N4O3S. The Labute approximate surface area is 166 Å². The minimum Gasteiger partial charge on any atom is -0.495 e. The van der Waals surface area contributed by atoms with Crippen LogP contribution in [0.3, 0.4) is 0 Å². The summed E-state index contributed by atoms with van der Waals surface area (Å²) in [6.07, 6.45) is 1.40. The zero-order valence-corrected chi connectivity index (χ0v) is 17.0. The number of anilines is 1. The zero-order valence-electron chi connectivity index (χ0n) is 14.7. The monoisotopic (exact) mass is 426 g/mol. The average molecular weight is 427 g/mol. The van der Waals surface area contributed by atoms with Gasteiger partial charge >= 0.3 is 0 Å². The first kappa shape index (κ1) is 19.5. The van der Waals surface area contributed by atoms with Crippen LogP contribution in [0.15, 0.2) is 41.4 Å². The van der Waals surface area contributed by atoms with Crippen molar-refractivity contribution in [3.05, 3.63) is 57.8 Å². The summed E-state index contributed by atoms with van der Waals surface area (Å²) >= 11 is 12.1. The highest BCUT2D eigenvalue weighted by Crippen LogP contribution is 2.29. The SMILES string of the molecule is COc1ccc(C)cc1S(=O)(=O)Nc1cc(C)nn1-c1ncc(Cl)cc1Cl. The number of pyridine rings is 1. The molecule has 0 saturated heterocycles. The molecule has 1 N–H and O–H groups in total. The Kier molecular flexibility index (Phi) is 5.32.